The number of hydrogen-bond acceptors (Lipinski definition) is 2. The number of nitrogens with zero attached hydrogens (tertiary/aromatic N) is 1. The highest BCUT2D eigenvalue weighted by molar-refractivity contribution is 5.66. The summed E-state index contributed by atoms with van der Waals surface area (Å²) in [5.74, 6) is -0.638. The van der Waals surface area contributed by atoms with E-state index in [1.54, 1.807) is 0 Å². The van der Waals surface area contributed by atoms with Crippen LogP contribution in [0.2, 0.25) is 0 Å². The molecule has 2 fully saturated rings. The van der Waals surface area contributed by atoms with Gasteiger partial charge in [0.15, 0.2) is 0 Å². The Morgan fingerprint density at radius 3 is 2.33 bits per heavy atom. The Morgan fingerprint density at radius 1 is 1.00 bits per heavy atom. The second-order valence-electron chi connectivity index (χ2n) is 5.97. The molecule has 104 valence electrons. The zero-order valence-corrected chi connectivity index (χ0v) is 11.4. The van der Waals surface area contributed by atoms with Gasteiger partial charge >= 0.3 is 5.97 Å². The van der Waals surface area contributed by atoms with Gasteiger partial charge in [-0.1, -0.05) is 32.1 Å². The predicted molar refractivity (Wildman–Crippen MR) is 72.7 cm³/mol. The molecule has 0 bridgehead atoms. The largest absolute Gasteiger partial charge is 0.481 e. The van der Waals surface area contributed by atoms with Crippen LogP contribution in [0.15, 0.2) is 0 Å². The fourth-order valence-corrected chi connectivity index (χ4v) is 3.69. The summed E-state index contributed by atoms with van der Waals surface area (Å²) in [5, 5.41) is 8.87. The number of carbonyl (C=O) groups is 1. The first-order valence-corrected chi connectivity index (χ1v) is 7.75. The molecule has 2 aliphatic rings. The lowest BCUT2D eigenvalue weighted by molar-refractivity contribution is -0.137. The minimum Gasteiger partial charge on any atom is -0.481 e. The number of hydrogen-bond donors (Lipinski definition) is 1. The minimum atomic E-state index is -0.638. The Morgan fingerprint density at radius 2 is 1.67 bits per heavy atom. The summed E-state index contributed by atoms with van der Waals surface area (Å²) in [7, 11) is 0. The zero-order chi connectivity index (χ0) is 12.8. The first kappa shape index (κ1) is 13.9. The Bertz CT molecular complexity index is 259. The topological polar surface area (TPSA) is 40.5 Å². The van der Waals surface area contributed by atoms with E-state index in [4.69, 9.17) is 5.11 Å². The van der Waals surface area contributed by atoms with Crippen molar-refractivity contribution in [3.63, 3.8) is 0 Å². The van der Waals surface area contributed by atoms with Crippen molar-refractivity contribution in [3.05, 3.63) is 0 Å². The number of rotatable bonds is 4. The maximum atomic E-state index is 10.8. The van der Waals surface area contributed by atoms with Crippen molar-refractivity contribution < 1.29 is 9.90 Å². The van der Waals surface area contributed by atoms with Gasteiger partial charge in [0.1, 0.15) is 0 Å². The van der Waals surface area contributed by atoms with E-state index in [9.17, 15) is 4.79 Å². The molecule has 1 saturated carbocycles. The summed E-state index contributed by atoms with van der Waals surface area (Å²) in [6.07, 6.45) is 13.2. The van der Waals surface area contributed by atoms with Crippen LogP contribution in [0.25, 0.3) is 0 Å². The van der Waals surface area contributed by atoms with E-state index in [0.717, 1.165) is 12.5 Å². The molecule has 1 heterocycles. The molecule has 0 amide bonds. The smallest absolute Gasteiger partial charge is 0.303 e. The predicted octanol–water partition coefficient (Wildman–Crippen LogP) is 3.43. The van der Waals surface area contributed by atoms with Crippen LogP contribution in [0.3, 0.4) is 0 Å². The van der Waals surface area contributed by atoms with Crippen LogP contribution in [0.5, 0.6) is 0 Å². The van der Waals surface area contributed by atoms with Gasteiger partial charge in [0.25, 0.3) is 0 Å². The van der Waals surface area contributed by atoms with Crippen LogP contribution in [0.1, 0.15) is 70.6 Å². The number of carboxylic acid groups (broad SMARTS) is 1. The molecule has 1 N–H and O–H groups in total. The number of likely N-dealkylation sites (tertiary alicyclic amines) is 1. The van der Waals surface area contributed by atoms with Gasteiger partial charge < -0.3 is 5.11 Å². The molecule has 0 aromatic rings. The van der Waals surface area contributed by atoms with Crippen LogP contribution in [-0.4, -0.2) is 34.6 Å². The number of aliphatic carboxylic acids is 1. The maximum Gasteiger partial charge on any atom is 0.303 e. The Kier molecular flexibility index (Phi) is 5.48. The van der Waals surface area contributed by atoms with Gasteiger partial charge in [-0.2, -0.15) is 0 Å². The van der Waals surface area contributed by atoms with Gasteiger partial charge in [0.05, 0.1) is 0 Å². The SMILES string of the molecule is O=C(O)CCC1CCCCN1C1CCCCCC1. The van der Waals surface area contributed by atoms with Crippen molar-refractivity contribution in [2.75, 3.05) is 6.54 Å². The first-order valence-electron chi connectivity index (χ1n) is 7.75. The Hall–Kier alpha value is -0.570. The van der Waals surface area contributed by atoms with E-state index in [2.05, 4.69) is 4.90 Å². The lowest BCUT2D eigenvalue weighted by Gasteiger charge is -2.41. The molecule has 0 aromatic heterocycles. The van der Waals surface area contributed by atoms with E-state index in [-0.39, 0.29) is 0 Å². The van der Waals surface area contributed by atoms with Gasteiger partial charge in [0.2, 0.25) is 0 Å². The van der Waals surface area contributed by atoms with E-state index in [1.807, 2.05) is 0 Å². The van der Waals surface area contributed by atoms with Crippen molar-refractivity contribution in [2.24, 2.45) is 0 Å². The fraction of sp³-hybridized carbons (Fsp3) is 0.933. The van der Waals surface area contributed by atoms with Gasteiger partial charge in [-0.3, -0.25) is 9.69 Å². The molecule has 0 radical (unpaired) electrons. The fourth-order valence-electron chi connectivity index (χ4n) is 3.69. The summed E-state index contributed by atoms with van der Waals surface area (Å²) in [6, 6.07) is 1.28. The average molecular weight is 253 g/mol. The normalized spacial score (nSPS) is 27.9. The van der Waals surface area contributed by atoms with Gasteiger partial charge in [-0.05, 0) is 38.6 Å². The van der Waals surface area contributed by atoms with Gasteiger partial charge in [-0.25, -0.2) is 0 Å². The molecular weight excluding hydrogens is 226 g/mol. The van der Waals surface area contributed by atoms with Gasteiger partial charge in [-0.15, -0.1) is 0 Å². The number of piperidine rings is 1. The molecule has 2 rings (SSSR count). The van der Waals surface area contributed by atoms with E-state index >= 15 is 0 Å². The van der Waals surface area contributed by atoms with Crippen molar-refractivity contribution >= 4 is 5.97 Å². The van der Waals surface area contributed by atoms with Crippen LogP contribution in [0.4, 0.5) is 0 Å². The molecule has 1 atom stereocenters. The average Bonchev–Trinajstić information content (AvgIpc) is 2.65. The third kappa shape index (κ3) is 3.98. The van der Waals surface area contributed by atoms with Crippen LogP contribution < -0.4 is 0 Å². The van der Waals surface area contributed by atoms with E-state index in [1.165, 1.54) is 64.3 Å². The summed E-state index contributed by atoms with van der Waals surface area (Å²) in [4.78, 5) is 13.4. The second kappa shape index (κ2) is 7.13. The monoisotopic (exact) mass is 253 g/mol. The van der Waals surface area contributed by atoms with Crippen LogP contribution in [0, 0.1) is 0 Å². The lowest BCUT2D eigenvalue weighted by atomic mass is 9.93. The molecule has 1 saturated heterocycles. The third-order valence-electron chi connectivity index (χ3n) is 4.66. The summed E-state index contributed by atoms with van der Waals surface area (Å²) >= 11 is 0. The third-order valence-corrected chi connectivity index (χ3v) is 4.66. The summed E-state index contributed by atoms with van der Waals surface area (Å²) in [5.41, 5.74) is 0. The van der Waals surface area contributed by atoms with Crippen molar-refractivity contribution in [2.45, 2.75) is 82.7 Å². The highest BCUT2D eigenvalue weighted by atomic mass is 16.4. The molecule has 18 heavy (non-hydrogen) atoms. The first-order chi connectivity index (χ1) is 8.77. The molecule has 1 unspecified atom stereocenters. The number of carboxylic acids is 1. The highest BCUT2D eigenvalue weighted by Gasteiger charge is 2.29. The standard InChI is InChI=1S/C15H27NO2/c17-15(18)11-10-14-9-5-6-12-16(14)13-7-3-1-2-4-8-13/h13-14H,1-12H2,(H,17,18). The van der Waals surface area contributed by atoms with E-state index in [0.29, 0.717) is 12.5 Å². The highest BCUT2D eigenvalue weighted by Crippen LogP contribution is 2.29. The molecule has 1 aliphatic carbocycles. The zero-order valence-electron chi connectivity index (χ0n) is 11.4. The summed E-state index contributed by atoms with van der Waals surface area (Å²) < 4.78 is 0. The molecule has 3 heteroatoms. The molecular formula is C15H27NO2. The van der Waals surface area contributed by atoms with Crippen molar-refractivity contribution in [1.82, 2.24) is 4.90 Å². The second-order valence-corrected chi connectivity index (χ2v) is 5.97. The van der Waals surface area contributed by atoms with Crippen LogP contribution in [-0.2, 0) is 4.79 Å². The molecule has 3 nitrogen and oxygen atoms in total. The van der Waals surface area contributed by atoms with E-state index < -0.39 is 5.97 Å². The quantitative estimate of drug-likeness (QED) is 0.780. The molecule has 0 spiro atoms. The van der Waals surface area contributed by atoms with Crippen molar-refractivity contribution in [1.29, 1.82) is 0 Å². The Balaban J connectivity index is 1.90. The lowest BCUT2D eigenvalue weighted by Crippen LogP contribution is -2.46. The Labute approximate surface area is 111 Å². The van der Waals surface area contributed by atoms with Gasteiger partial charge in [0, 0.05) is 18.5 Å². The van der Waals surface area contributed by atoms with Crippen LogP contribution >= 0.6 is 0 Å². The molecule has 0 aromatic carbocycles. The maximum absolute atomic E-state index is 10.8. The summed E-state index contributed by atoms with van der Waals surface area (Å²) in [6.45, 7) is 1.20. The molecule has 1 aliphatic heterocycles. The van der Waals surface area contributed by atoms with Crippen molar-refractivity contribution in [3.8, 4) is 0 Å². The minimum absolute atomic E-state index is 0.341.